The van der Waals surface area contributed by atoms with E-state index in [1.165, 1.54) is 0 Å². The third-order valence-corrected chi connectivity index (χ3v) is 3.71. The molecule has 1 aliphatic heterocycles. The molecule has 0 aromatic carbocycles. The minimum atomic E-state index is -0.858. The number of hydrogen-bond donors (Lipinski definition) is 2. The van der Waals surface area contributed by atoms with E-state index in [-0.39, 0.29) is 12.6 Å². The van der Waals surface area contributed by atoms with Crippen LogP contribution in [0.25, 0.3) is 0 Å². The van der Waals surface area contributed by atoms with Crippen LogP contribution in [0.1, 0.15) is 19.8 Å². The van der Waals surface area contributed by atoms with Crippen LogP contribution < -0.4 is 5.32 Å². The molecule has 6 heteroatoms. The normalized spacial score (nSPS) is 21.1. The van der Waals surface area contributed by atoms with Gasteiger partial charge in [-0.25, -0.2) is 4.79 Å². The van der Waals surface area contributed by atoms with Gasteiger partial charge in [0.15, 0.2) is 0 Å². The van der Waals surface area contributed by atoms with Gasteiger partial charge < -0.3 is 20.2 Å². The molecule has 1 fully saturated rings. The van der Waals surface area contributed by atoms with Gasteiger partial charge in [-0.3, -0.25) is 4.79 Å². The Hall–Kier alpha value is -1.30. The number of aliphatic carboxylic acids is 1. The first-order valence-electron chi connectivity index (χ1n) is 6.84. The zero-order valence-electron chi connectivity index (χ0n) is 12.1. The average molecular weight is 271 g/mol. The van der Waals surface area contributed by atoms with Gasteiger partial charge in [0, 0.05) is 26.7 Å². The van der Waals surface area contributed by atoms with Crippen molar-refractivity contribution in [1.29, 1.82) is 0 Å². The van der Waals surface area contributed by atoms with E-state index in [1.54, 1.807) is 11.9 Å². The van der Waals surface area contributed by atoms with Crippen molar-refractivity contribution in [3.63, 3.8) is 0 Å². The summed E-state index contributed by atoms with van der Waals surface area (Å²) in [6.07, 6.45) is 1.63. The van der Waals surface area contributed by atoms with E-state index in [0.29, 0.717) is 12.3 Å². The highest BCUT2D eigenvalue weighted by Crippen LogP contribution is 2.15. The van der Waals surface area contributed by atoms with Crippen LogP contribution in [0.3, 0.4) is 0 Å². The van der Waals surface area contributed by atoms with E-state index >= 15 is 0 Å². The second-order valence-electron chi connectivity index (χ2n) is 5.43. The summed E-state index contributed by atoms with van der Waals surface area (Å²) in [5, 5.41) is 11.6. The molecule has 2 N–H and O–H groups in total. The number of carboxylic acid groups (broad SMARTS) is 1. The first-order valence-corrected chi connectivity index (χ1v) is 6.84. The van der Waals surface area contributed by atoms with Crippen LogP contribution in [0.4, 0.5) is 4.79 Å². The van der Waals surface area contributed by atoms with Gasteiger partial charge in [0.2, 0.25) is 0 Å². The van der Waals surface area contributed by atoms with Crippen LogP contribution in [0.5, 0.6) is 0 Å². The predicted molar refractivity (Wildman–Crippen MR) is 73.0 cm³/mol. The number of carbonyl (C=O) groups is 2. The van der Waals surface area contributed by atoms with Gasteiger partial charge >= 0.3 is 12.0 Å². The third-order valence-electron chi connectivity index (χ3n) is 3.71. The molecule has 0 aliphatic carbocycles. The molecule has 0 spiro atoms. The Balaban J connectivity index is 2.30. The average Bonchev–Trinajstić information content (AvgIpc) is 2.74. The Bertz CT molecular complexity index is 322. The van der Waals surface area contributed by atoms with Gasteiger partial charge in [0.1, 0.15) is 0 Å². The summed E-state index contributed by atoms with van der Waals surface area (Å²) in [5.41, 5.74) is 0. The van der Waals surface area contributed by atoms with Crippen molar-refractivity contribution in [3.8, 4) is 0 Å². The molecule has 0 bridgehead atoms. The minimum absolute atomic E-state index is 0.186. The molecular weight excluding hydrogens is 246 g/mol. The van der Waals surface area contributed by atoms with Gasteiger partial charge in [0.25, 0.3) is 0 Å². The fraction of sp³-hybridized carbons (Fsp3) is 0.846. The molecule has 6 nitrogen and oxygen atoms in total. The van der Waals surface area contributed by atoms with E-state index in [1.807, 2.05) is 6.92 Å². The van der Waals surface area contributed by atoms with E-state index in [9.17, 15) is 9.59 Å². The molecule has 1 rings (SSSR count). The highest BCUT2D eigenvalue weighted by molar-refractivity contribution is 5.75. The molecule has 19 heavy (non-hydrogen) atoms. The van der Waals surface area contributed by atoms with Crippen LogP contribution in [0.2, 0.25) is 0 Å². The summed E-state index contributed by atoms with van der Waals surface area (Å²) in [6.45, 7) is 4.82. The Morgan fingerprint density at radius 3 is 2.68 bits per heavy atom. The summed E-state index contributed by atoms with van der Waals surface area (Å²) in [6, 6.07) is -0.186. The van der Waals surface area contributed by atoms with Gasteiger partial charge in [-0.05, 0) is 32.4 Å². The lowest BCUT2D eigenvalue weighted by Crippen LogP contribution is -2.43. The molecule has 2 atom stereocenters. The first-order chi connectivity index (χ1) is 8.93. The van der Waals surface area contributed by atoms with Gasteiger partial charge in [-0.2, -0.15) is 0 Å². The molecule has 0 aromatic rings. The van der Waals surface area contributed by atoms with Crippen LogP contribution in [-0.4, -0.2) is 67.2 Å². The number of carbonyl (C=O) groups excluding carboxylic acids is 1. The zero-order valence-corrected chi connectivity index (χ0v) is 12.1. The Morgan fingerprint density at radius 1 is 1.53 bits per heavy atom. The number of likely N-dealkylation sites (tertiary alicyclic amines) is 1. The number of nitrogens with zero attached hydrogens (tertiary/aromatic N) is 2. The van der Waals surface area contributed by atoms with Crippen molar-refractivity contribution < 1.29 is 14.7 Å². The molecule has 110 valence electrons. The number of rotatable bonds is 6. The van der Waals surface area contributed by atoms with E-state index in [0.717, 1.165) is 26.1 Å². The zero-order chi connectivity index (χ0) is 14.4. The van der Waals surface area contributed by atoms with E-state index in [4.69, 9.17) is 5.11 Å². The Morgan fingerprint density at radius 2 is 2.21 bits per heavy atom. The molecule has 1 saturated heterocycles. The molecular formula is C13H25N3O3. The monoisotopic (exact) mass is 271 g/mol. The third kappa shape index (κ3) is 5.06. The second kappa shape index (κ2) is 7.33. The van der Waals surface area contributed by atoms with Crippen LogP contribution in [-0.2, 0) is 4.79 Å². The smallest absolute Gasteiger partial charge is 0.317 e. The quantitative estimate of drug-likeness (QED) is 0.745. The number of hydrogen-bond acceptors (Lipinski definition) is 3. The van der Waals surface area contributed by atoms with Crippen molar-refractivity contribution in [2.24, 2.45) is 11.8 Å². The minimum Gasteiger partial charge on any atom is -0.481 e. The summed E-state index contributed by atoms with van der Waals surface area (Å²) in [7, 11) is 3.84. The summed E-state index contributed by atoms with van der Waals surface area (Å²) in [5.74, 6) is -0.847. The first kappa shape index (κ1) is 15.8. The summed E-state index contributed by atoms with van der Waals surface area (Å²) in [4.78, 5) is 26.6. The number of amides is 2. The molecule has 0 saturated carbocycles. The molecule has 2 amide bonds. The maximum atomic E-state index is 11.9. The summed E-state index contributed by atoms with van der Waals surface area (Å²) >= 11 is 0. The lowest BCUT2D eigenvalue weighted by atomic mass is 10.1. The van der Waals surface area contributed by atoms with E-state index in [2.05, 4.69) is 17.3 Å². The molecule has 0 aromatic heterocycles. The van der Waals surface area contributed by atoms with Gasteiger partial charge in [-0.15, -0.1) is 0 Å². The molecule has 0 radical (unpaired) electrons. The SMILES string of the molecule is CCC(CNC(=O)N(C)CC1CCN(C)C1)C(=O)O. The second-order valence-corrected chi connectivity index (χ2v) is 5.43. The van der Waals surface area contributed by atoms with Crippen molar-refractivity contribution >= 4 is 12.0 Å². The van der Waals surface area contributed by atoms with E-state index < -0.39 is 11.9 Å². The van der Waals surface area contributed by atoms with Crippen molar-refractivity contribution in [2.45, 2.75) is 19.8 Å². The maximum Gasteiger partial charge on any atom is 0.317 e. The fourth-order valence-electron chi connectivity index (χ4n) is 2.40. The fourth-order valence-corrected chi connectivity index (χ4v) is 2.40. The lowest BCUT2D eigenvalue weighted by Gasteiger charge is -2.22. The van der Waals surface area contributed by atoms with Crippen LogP contribution in [0, 0.1) is 11.8 Å². The standard InChI is InChI=1S/C13H25N3O3/c1-4-11(12(17)18)7-14-13(19)16(3)9-10-5-6-15(2)8-10/h10-11H,4-9H2,1-3H3,(H,14,19)(H,17,18). The van der Waals surface area contributed by atoms with Crippen LogP contribution in [0.15, 0.2) is 0 Å². The van der Waals surface area contributed by atoms with Gasteiger partial charge in [0.05, 0.1) is 5.92 Å². The highest BCUT2D eigenvalue weighted by Gasteiger charge is 2.23. The van der Waals surface area contributed by atoms with Crippen molar-refractivity contribution in [3.05, 3.63) is 0 Å². The maximum absolute atomic E-state index is 11.9. The Labute approximate surface area is 114 Å². The lowest BCUT2D eigenvalue weighted by molar-refractivity contribution is -0.141. The van der Waals surface area contributed by atoms with Crippen molar-refractivity contribution in [2.75, 3.05) is 40.3 Å². The highest BCUT2D eigenvalue weighted by atomic mass is 16.4. The molecule has 2 unspecified atom stereocenters. The summed E-state index contributed by atoms with van der Waals surface area (Å²) < 4.78 is 0. The largest absolute Gasteiger partial charge is 0.481 e. The predicted octanol–water partition coefficient (Wildman–Crippen LogP) is 0.690. The van der Waals surface area contributed by atoms with Crippen LogP contribution >= 0.6 is 0 Å². The number of nitrogens with one attached hydrogen (secondary N) is 1. The van der Waals surface area contributed by atoms with Crippen molar-refractivity contribution in [1.82, 2.24) is 15.1 Å². The molecule has 1 aliphatic rings. The Kier molecular flexibility index (Phi) is 6.08. The van der Waals surface area contributed by atoms with Gasteiger partial charge in [-0.1, -0.05) is 6.92 Å². The number of carboxylic acids is 1. The number of urea groups is 1. The topological polar surface area (TPSA) is 72.9 Å². The molecule has 1 heterocycles.